The highest BCUT2D eigenvalue weighted by molar-refractivity contribution is 5.91. The van der Waals surface area contributed by atoms with Crippen LogP contribution in [-0.4, -0.2) is 65.9 Å². The molecule has 0 aromatic heterocycles. The first kappa shape index (κ1) is 28.4. The maximum atomic E-state index is 13.3. The molecule has 0 aliphatic carbocycles. The molecule has 0 saturated heterocycles. The summed E-state index contributed by atoms with van der Waals surface area (Å²) in [4.78, 5) is 40.9. The van der Waals surface area contributed by atoms with Gasteiger partial charge in [0.05, 0.1) is 0 Å². The van der Waals surface area contributed by atoms with Crippen molar-refractivity contribution in [2.75, 3.05) is 27.2 Å². The number of rotatable bonds is 6. The Morgan fingerprint density at radius 3 is 2.36 bits per heavy atom. The highest BCUT2D eigenvalue weighted by Gasteiger charge is 2.38. The Morgan fingerprint density at radius 2 is 1.82 bits per heavy atom. The number of carboxylic acids is 1. The number of likely N-dealkylation sites (N-methyl/N-ethyl adjacent to an activating group) is 2. The van der Waals surface area contributed by atoms with E-state index in [0.29, 0.717) is 0 Å². The molecule has 0 spiro atoms. The highest BCUT2D eigenvalue weighted by atomic mass is 16.4. The summed E-state index contributed by atoms with van der Waals surface area (Å²) in [6.45, 7) is 12.4. The SMILES string of the molecule is C/C(=C\CN(C)C(=O)C(NC(=O)C1c2ccccc2CCN1C)C(C)(C)C)C(=O)O.CCC. The van der Waals surface area contributed by atoms with E-state index in [9.17, 15) is 14.4 Å². The normalized spacial score (nSPS) is 17.2. The minimum Gasteiger partial charge on any atom is -0.478 e. The maximum absolute atomic E-state index is 13.3. The third kappa shape index (κ3) is 8.00. The van der Waals surface area contributed by atoms with Gasteiger partial charge < -0.3 is 15.3 Å². The molecule has 0 saturated carbocycles. The van der Waals surface area contributed by atoms with Crippen LogP contribution in [0.15, 0.2) is 35.9 Å². The fourth-order valence-electron chi connectivity index (χ4n) is 3.57. The molecular formula is C26H41N3O4. The number of nitrogens with one attached hydrogen (secondary N) is 1. The molecule has 2 atom stereocenters. The Labute approximate surface area is 198 Å². The average molecular weight is 460 g/mol. The van der Waals surface area contributed by atoms with E-state index in [1.54, 1.807) is 7.05 Å². The van der Waals surface area contributed by atoms with Gasteiger partial charge in [0, 0.05) is 25.7 Å². The van der Waals surface area contributed by atoms with Crippen LogP contribution in [0.3, 0.4) is 0 Å². The fraction of sp³-hybridized carbons (Fsp3) is 0.577. The zero-order valence-corrected chi connectivity index (χ0v) is 21.4. The van der Waals surface area contributed by atoms with E-state index in [4.69, 9.17) is 5.11 Å². The number of nitrogens with zero attached hydrogens (tertiary/aromatic N) is 2. The smallest absolute Gasteiger partial charge is 0.331 e. The van der Waals surface area contributed by atoms with Gasteiger partial charge in [0.15, 0.2) is 0 Å². The lowest BCUT2D eigenvalue weighted by Crippen LogP contribution is -2.56. The molecule has 1 aliphatic heterocycles. The predicted molar refractivity (Wildman–Crippen MR) is 132 cm³/mol. The molecule has 184 valence electrons. The quantitative estimate of drug-likeness (QED) is 0.634. The summed E-state index contributed by atoms with van der Waals surface area (Å²) in [5, 5.41) is 12.0. The molecular weight excluding hydrogens is 418 g/mol. The first-order valence-electron chi connectivity index (χ1n) is 11.6. The van der Waals surface area contributed by atoms with E-state index in [1.807, 2.05) is 57.0 Å². The minimum atomic E-state index is -1.02. The van der Waals surface area contributed by atoms with Crippen molar-refractivity contribution in [3.63, 3.8) is 0 Å². The Morgan fingerprint density at radius 1 is 1.24 bits per heavy atom. The van der Waals surface area contributed by atoms with Crippen LogP contribution in [0.25, 0.3) is 0 Å². The number of carbonyl (C=O) groups is 3. The molecule has 7 heteroatoms. The van der Waals surface area contributed by atoms with E-state index < -0.39 is 23.5 Å². The van der Waals surface area contributed by atoms with Crippen molar-refractivity contribution in [3.8, 4) is 0 Å². The number of hydrogen-bond acceptors (Lipinski definition) is 4. The average Bonchev–Trinajstić information content (AvgIpc) is 2.74. The Kier molecular flexibility index (Phi) is 10.8. The largest absolute Gasteiger partial charge is 0.478 e. The first-order valence-corrected chi connectivity index (χ1v) is 11.6. The van der Waals surface area contributed by atoms with Crippen molar-refractivity contribution in [2.24, 2.45) is 5.41 Å². The summed E-state index contributed by atoms with van der Waals surface area (Å²) in [6.07, 6.45) is 3.63. The molecule has 0 radical (unpaired) electrons. The lowest BCUT2D eigenvalue weighted by molar-refractivity contribution is -0.139. The van der Waals surface area contributed by atoms with Crippen molar-refractivity contribution in [3.05, 3.63) is 47.0 Å². The molecule has 2 unspecified atom stereocenters. The van der Waals surface area contributed by atoms with Crippen molar-refractivity contribution in [1.29, 1.82) is 0 Å². The number of benzene rings is 1. The van der Waals surface area contributed by atoms with Crippen LogP contribution in [0, 0.1) is 5.41 Å². The van der Waals surface area contributed by atoms with Gasteiger partial charge >= 0.3 is 5.97 Å². The molecule has 33 heavy (non-hydrogen) atoms. The number of carboxylic acid groups (broad SMARTS) is 1. The van der Waals surface area contributed by atoms with Gasteiger partial charge in [-0.05, 0) is 36.9 Å². The summed E-state index contributed by atoms with van der Waals surface area (Å²) in [7, 11) is 3.53. The Balaban J connectivity index is 0.00000172. The Bertz CT molecular complexity index is 857. The fourth-order valence-corrected chi connectivity index (χ4v) is 3.57. The van der Waals surface area contributed by atoms with Gasteiger partial charge in [0.2, 0.25) is 11.8 Å². The molecule has 2 N–H and O–H groups in total. The predicted octanol–water partition coefficient (Wildman–Crippen LogP) is 3.65. The van der Waals surface area contributed by atoms with Gasteiger partial charge in [-0.15, -0.1) is 0 Å². The van der Waals surface area contributed by atoms with Crippen LogP contribution in [0.2, 0.25) is 0 Å². The number of fused-ring (bicyclic) bond motifs is 1. The standard InChI is InChI=1S/C23H33N3O4.C3H8/c1-15(22(29)30)11-13-26(6)21(28)19(23(2,3)4)24-20(27)18-17-10-8-7-9-16(17)12-14-25(18)5;1-3-2/h7-11,18-19H,12-14H2,1-6H3,(H,24,27)(H,29,30);3H2,1-2H3/b15-11+;. The molecule has 1 aromatic carbocycles. The molecule has 0 fully saturated rings. The molecule has 1 aromatic rings. The van der Waals surface area contributed by atoms with Crippen molar-refractivity contribution in [1.82, 2.24) is 15.1 Å². The second kappa shape index (κ2) is 12.5. The number of carbonyl (C=O) groups excluding carboxylic acids is 2. The zero-order valence-electron chi connectivity index (χ0n) is 21.4. The van der Waals surface area contributed by atoms with E-state index in [2.05, 4.69) is 19.2 Å². The molecule has 2 amide bonds. The molecule has 1 aliphatic rings. The van der Waals surface area contributed by atoms with Gasteiger partial charge in [0.1, 0.15) is 12.1 Å². The van der Waals surface area contributed by atoms with Crippen LogP contribution in [0.1, 0.15) is 65.1 Å². The van der Waals surface area contributed by atoms with Crippen LogP contribution >= 0.6 is 0 Å². The Hall–Kier alpha value is -2.67. The van der Waals surface area contributed by atoms with Crippen molar-refractivity contribution >= 4 is 17.8 Å². The highest BCUT2D eigenvalue weighted by Crippen LogP contribution is 2.30. The van der Waals surface area contributed by atoms with E-state index in [-0.39, 0.29) is 23.9 Å². The van der Waals surface area contributed by atoms with Gasteiger partial charge in [-0.25, -0.2) is 4.79 Å². The van der Waals surface area contributed by atoms with Crippen LogP contribution in [-0.2, 0) is 20.8 Å². The van der Waals surface area contributed by atoms with Gasteiger partial charge in [-0.1, -0.05) is 71.4 Å². The van der Waals surface area contributed by atoms with Crippen LogP contribution in [0.4, 0.5) is 0 Å². The lowest BCUT2D eigenvalue weighted by Gasteiger charge is -2.37. The monoisotopic (exact) mass is 459 g/mol. The molecule has 2 rings (SSSR count). The molecule has 0 bridgehead atoms. The number of amides is 2. The second-order valence-electron chi connectivity index (χ2n) is 9.76. The van der Waals surface area contributed by atoms with Crippen molar-refractivity contribution in [2.45, 2.75) is 66.5 Å². The van der Waals surface area contributed by atoms with E-state index in [0.717, 1.165) is 24.1 Å². The van der Waals surface area contributed by atoms with Gasteiger partial charge in [-0.3, -0.25) is 14.5 Å². The number of hydrogen-bond donors (Lipinski definition) is 2. The second-order valence-corrected chi connectivity index (χ2v) is 9.76. The van der Waals surface area contributed by atoms with Crippen molar-refractivity contribution < 1.29 is 19.5 Å². The van der Waals surface area contributed by atoms with Crippen LogP contribution < -0.4 is 5.32 Å². The van der Waals surface area contributed by atoms with E-state index in [1.165, 1.54) is 24.3 Å². The first-order chi connectivity index (χ1) is 15.3. The molecule has 1 heterocycles. The lowest BCUT2D eigenvalue weighted by atomic mass is 9.85. The summed E-state index contributed by atoms with van der Waals surface area (Å²) < 4.78 is 0. The topological polar surface area (TPSA) is 90.0 Å². The summed E-state index contributed by atoms with van der Waals surface area (Å²) in [6, 6.07) is 6.72. The van der Waals surface area contributed by atoms with Gasteiger partial charge in [-0.2, -0.15) is 0 Å². The minimum absolute atomic E-state index is 0.158. The van der Waals surface area contributed by atoms with Crippen LogP contribution in [0.5, 0.6) is 0 Å². The summed E-state index contributed by atoms with van der Waals surface area (Å²) in [5.41, 5.74) is 1.78. The maximum Gasteiger partial charge on any atom is 0.331 e. The third-order valence-electron chi connectivity index (χ3n) is 5.56. The van der Waals surface area contributed by atoms with Gasteiger partial charge in [0.25, 0.3) is 0 Å². The summed E-state index contributed by atoms with van der Waals surface area (Å²) >= 11 is 0. The zero-order chi connectivity index (χ0) is 25.3. The van der Waals surface area contributed by atoms with E-state index >= 15 is 0 Å². The summed E-state index contributed by atoms with van der Waals surface area (Å²) in [5.74, 6) is -1.48. The number of aliphatic carboxylic acids is 1. The third-order valence-corrected chi connectivity index (χ3v) is 5.56. The molecule has 7 nitrogen and oxygen atoms in total.